The molecule has 29 heavy (non-hydrogen) atoms. The summed E-state index contributed by atoms with van der Waals surface area (Å²) >= 11 is 0. The standard InChI is InChI=1S/C19H17N5O5/c1-12-10-16(22-29-12)20-17(25)11-24-18(26)7-6-13(21-24)8-9-23-14-4-2-3-5-15(14)28-19(23)27/h2-7,10H,8-9,11H2,1H3,(H,20,22,25). The summed E-state index contributed by atoms with van der Waals surface area (Å²) in [5, 5.41) is 10.4. The highest BCUT2D eigenvalue weighted by molar-refractivity contribution is 5.89. The van der Waals surface area contributed by atoms with Crippen LogP contribution in [-0.4, -0.2) is 25.4 Å². The van der Waals surface area contributed by atoms with Gasteiger partial charge in [-0.3, -0.25) is 14.2 Å². The zero-order valence-electron chi connectivity index (χ0n) is 15.5. The second-order valence-corrected chi connectivity index (χ2v) is 6.43. The normalized spacial score (nSPS) is 11.1. The fourth-order valence-corrected chi connectivity index (χ4v) is 2.93. The number of amides is 1. The first kappa shape index (κ1) is 18.4. The molecule has 0 radical (unpaired) electrons. The van der Waals surface area contributed by atoms with E-state index < -0.39 is 17.2 Å². The first-order valence-electron chi connectivity index (χ1n) is 8.88. The molecule has 10 heteroatoms. The van der Waals surface area contributed by atoms with Crippen LogP contribution in [0.5, 0.6) is 0 Å². The van der Waals surface area contributed by atoms with Crippen molar-refractivity contribution in [1.82, 2.24) is 19.5 Å². The van der Waals surface area contributed by atoms with Crippen LogP contribution in [-0.2, 0) is 24.3 Å². The van der Waals surface area contributed by atoms with Crippen LogP contribution in [0.25, 0.3) is 11.1 Å². The van der Waals surface area contributed by atoms with Gasteiger partial charge in [-0.2, -0.15) is 5.10 Å². The highest BCUT2D eigenvalue weighted by Crippen LogP contribution is 2.12. The highest BCUT2D eigenvalue weighted by atomic mass is 16.5. The molecule has 0 fully saturated rings. The third-order valence-corrected chi connectivity index (χ3v) is 4.28. The molecule has 4 rings (SSSR count). The van der Waals surface area contributed by atoms with Gasteiger partial charge in [-0.1, -0.05) is 17.3 Å². The predicted molar refractivity (Wildman–Crippen MR) is 103 cm³/mol. The molecule has 0 saturated heterocycles. The number of nitrogens with one attached hydrogen (secondary N) is 1. The van der Waals surface area contributed by atoms with E-state index in [-0.39, 0.29) is 12.4 Å². The summed E-state index contributed by atoms with van der Waals surface area (Å²) in [6.45, 7) is 1.76. The van der Waals surface area contributed by atoms with E-state index >= 15 is 0 Å². The van der Waals surface area contributed by atoms with Gasteiger partial charge in [0.25, 0.3) is 5.56 Å². The van der Waals surface area contributed by atoms with Crippen LogP contribution in [0.2, 0.25) is 0 Å². The van der Waals surface area contributed by atoms with Crippen LogP contribution in [0, 0.1) is 6.92 Å². The quantitative estimate of drug-likeness (QED) is 0.522. The van der Waals surface area contributed by atoms with Gasteiger partial charge in [-0.15, -0.1) is 0 Å². The van der Waals surface area contributed by atoms with Crippen molar-refractivity contribution in [2.45, 2.75) is 26.4 Å². The molecule has 0 bridgehead atoms. The van der Waals surface area contributed by atoms with Crippen LogP contribution in [0.1, 0.15) is 11.5 Å². The maximum Gasteiger partial charge on any atom is 0.419 e. The summed E-state index contributed by atoms with van der Waals surface area (Å²) in [5.74, 6) is -0.0913. The molecule has 0 aliphatic heterocycles. The van der Waals surface area contributed by atoms with Crippen LogP contribution in [0.4, 0.5) is 5.82 Å². The largest absolute Gasteiger partial charge is 0.419 e. The third-order valence-electron chi connectivity index (χ3n) is 4.28. The minimum atomic E-state index is -0.457. The molecule has 0 unspecified atom stereocenters. The van der Waals surface area contributed by atoms with Gasteiger partial charge < -0.3 is 14.3 Å². The molecule has 4 aromatic rings. The highest BCUT2D eigenvalue weighted by Gasteiger charge is 2.11. The smallest absolute Gasteiger partial charge is 0.408 e. The number of oxazole rings is 1. The first-order valence-corrected chi connectivity index (χ1v) is 8.88. The van der Waals surface area contributed by atoms with Crippen LogP contribution in [0.15, 0.2) is 61.0 Å². The monoisotopic (exact) mass is 395 g/mol. The summed E-state index contributed by atoms with van der Waals surface area (Å²) in [4.78, 5) is 36.2. The molecule has 148 valence electrons. The van der Waals surface area contributed by atoms with E-state index in [4.69, 9.17) is 8.94 Å². The van der Waals surface area contributed by atoms with Crippen molar-refractivity contribution in [3.8, 4) is 0 Å². The van der Waals surface area contributed by atoms with E-state index in [9.17, 15) is 14.4 Å². The molecule has 0 aliphatic rings. The second-order valence-electron chi connectivity index (χ2n) is 6.43. The molecule has 1 aromatic carbocycles. The molecular weight excluding hydrogens is 378 g/mol. The lowest BCUT2D eigenvalue weighted by Crippen LogP contribution is -2.30. The SMILES string of the molecule is Cc1cc(NC(=O)Cn2nc(CCn3c(=O)oc4ccccc43)ccc2=O)no1. The average molecular weight is 395 g/mol. The van der Waals surface area contributed by atoms with Crippen molar-refractivity contribution in [3.63, 3.8) is 0 Å². The zero-order valence-corrected chi connectivity index (χ0v) is 15.5. The van der Waals surface area contributed by atoms with E-state index in [1.165, 1.54) is 10.6 Å². The fraction of sp³-hybridized carbons (Fsp3) is 0.211. The fourth-order valence-electron chi connectivity index (χ4n) is 2.93. The van der Waals surface area contributed by atoms with Gasteiger partial charge in [0.15, 0.2) is 11.4 Å². The Morgan fingerprint density at radius 2 is 2.00 bits per heavy atom. The van der Waals surface area contributed by atoms with Gasteiger partial charge >= 0.3 is 5.76 Å². The van der Waals surface area contributed by atoms with E-state index in [1.54, 1.807) is 37.3 Å². The number of aryl methyl sites for hydroxylation is 3. The lowest BCUT2D eigenvalue weighted by Gasteiger charge is -2.07. The van der Waals surface area contributed by atoms with E-state index in [0.717, 1.165) is 4.68 Å². The predicted octanol–water partition coefficient (Wildman–Crippen LogP) is 1.33. The van der Waals surface area contributed by atoms with Gasteiger partial charge in [0.05, 0.1) is 11.2 Å². The van der Waals surface area contributed by atoms with Crippen molar-refractivity contribution < 1.29 is 13.7 Å². The molecule has 10 nitrogen and oxygen atoms in total. The molecule has 1 amide bonds. The van der Waals surface area contributed by atoms with E-state index in [2.05, 4.69) is 15.6 Å². The van der Waals surface area contributed by atoms with Crippen molar-refractivity contribution in [2.75, 3.05) is 5.32 Å². The number of benzene rings is 1. The molecule has 3 aromatic heterocycles. The summed E-state index contributed by atoms with van der Waals surface area (Å²) in [6.07, 6.45) is 0.383. The van der Waals surface area contributed by atoms with Crippen molar-refractivity contribution in [2.24, 2.45) is 0 Å². The Kier molecular flexibility index (Phi) is 4.82. The number of nitrogens with zero attached hydrogens (tertiary/aromatic N) is 4. The summed E-state index contributed by atoms with van der Waals surface area (Å²) in [5.41, 5.74) is 1.35. The third kappa shape index (κ3) is 4.00. The molecule has 0 atom stereocenters. The van der Waals surface area contributed by atoms with Gasteiger partial charge in [-0.25, -0.2) is 9.48 Å². The van der Waals surface area contributed by atoms with Crippen molar-refractivity contribution in [1.29, 1.82) is 0 Å². The van der Waals surface area contributed by atoms with Crippen molar-refractivity contribution >= 4 is 22.8 Å². The van der Waals surface area contributed by atoms with Gasteiger partial charge in [0, 0.05) is 25.1 Å². The maximum atomic E-state index is 12.1. The minimum Gasteiger partial charge on any atom is -0.408 e. The van der Waals surface area contributed by atoms with Crippen LogP contribution < -0.4 is 16.6 Å². The average Bonchev–Trinajstić information content (AvgIpc) is 3.24. The minimum absolute atomic E-state index is 0.267. The van der Waals surface area contributed by atoms with Crippen LogP contribution in [0.3, 0.4) is 0 Å². The molecule has 1 N–H and O–H groups in total. The molecule has 3 heterocycles. The van der Waals surface area contributed by atoms with Crippen molar-refractivity contribution in [3.05, 3.63) is 74.8 Å². The Morgan fingerprint density at radius 3 is 2.79 bits per heavy atom. The summed E-state index contributed by atoms with van der Waals surface area (Å²) < 4.78 is 12.7. The zero-order chi connectivity index (χ0) is 20.4. The summed E-state index contributed by atoms with van der Waals surface area (Å²) in [6, 6.07) is 11.6. The topological polar surface area (TPSA) is 125 Å². The summed E-state index contributed by atoms with van der Waals surface area (Å²) in [7, 11) is 0. The molecule has 0 spiro atoms. The number of anilines is 1. The van der Waals surface area contributed by atoms with Gasteiger partial charge in [0.1, 0.15) is 12.3 Å². The Labute approximate surface area is 163 Å². The second kappa shape index (κ2) is 7.58. The Bertz CT molecular complexity index is 1300. The number of fused-ring (bicyclic) bond motifs is 1. The number of rotatable bonds is 6. The number of carbonyl (C=O) groups is 1. The maximum absolute atomic E-state index is 12.1. The Balaban J connectivity index is 1.48. The first-order chi connectivity index (χ1) is 14.0. The number of carbonyl (C=O) groups excluding carboxylic acids is 1. The molecule has 0 saturated carbocycles. The van der Waals surface area contributed by atoms with Gasteiger partial charge in [0.2, 0.25) is 5.91 Å². The lowest BCUT2D eigenvalue weighted by atomic mass is 10.2. The number of hydrogen-bond donors (Lipinski definition) is 1. The van der Waals surface area contributed by atoms with E-state index in [0.29, 0.717) is 35.5 Å². The lowest BCUT2D eigenvalue weighted by molar-refractivity contribution is -0.117. The molecule has 0 aliphatic carbocycles. The van der Waals surface area contributed by atoms with Gasteiger partial charge in [-0.05, 0) is 25.1 Å². The Hall–Kier alpha value is -3.95. The number of para-hydroxylation sites is 2. The Morgan fingerprint density at radius 1 is 1.17 bits per heavy atom. The van der Waals surface area contributed by atoms with E-state index in [1.807, 2.05) is 6.07 Å². The molecular formula is C19H17N5O5. The number of hydrogen-bond acceptors (Lipinski definition) is 7. The number of aromatic nitrogens is 4. The van der Waals surface area contributed by atoms with Crippen LogP contribution >= 0.6 is 0 Å².